The Bertz CT molecular complexity index is 700. The molecule has 1 aliphatic rings. The zero-order valence-electron chi connectivity index (χ0n) is 11.7. The molecule has 1 atom stereocenters. The number of carbonyl (C=O) groups is 1. The van der Waals surface area contributed by atoms with Gasteiger partial charge in [0.2, 0.25) is 6.10 Å². The van der Waals surface area contributed by atoms with Crippen LogP contribution in [-0.4, -0.2) is 27.9 Å². The van der Waals surface area contributed by atoms with Gasteiger partial charge >= 0.3 is 5.97 Å². The Morgan fingerprint density at radius 3 is 2.95 bits per heavy atom. The highest BCUT2D eigenvalue weighted by Gasteiger charge is 2.28. The lowest BCUT2D eigenvalue weighted by molar-refractivity contribution is -0.148. The van der Waals surface area contributed by atoms with Crippen LogP contribution in [-0.2, 0) is 16.2 Å². The van der Waals surface area contributed by atoms with Gasteiger partial charge in [-0.2, -0.15) is 0 Å². The molecule has 2 heterocycles. The van der Waals surface area contributed by atoms with Gasteiger partial charge in [-0.05, 0) is 24.3 Å². The van der Waals surface area contributed by atoms with E-state index in [1.54, 1.807) is 6.20 Å². The molecule has 112 valence electrons. The molecule has 3 rings (SSSR count). The van der Waals surface area contributed by atoms with Crippen LogP contribution in [0.25, 0.3) is 0 Å². The van der Waals surface area contributed by atoms with Gasteiger partial charge < -0.3 is 14.7 Å². The van der Waals surface area contributed by atoms with Crippen molar-refractivity contribution in [3.63, 3.8) is 0 Å². The van der Waals surface area contributed by atoms with E-state index in [1.807, 2.05) is 42.5 Å². The van der Waals surface area contributed by atoms with Crippen molar-refractivity contribution in [3.8, 4) is 5.75 Å². The Hall–Kier alpha value is -2.89. The molecule has 0 spiro atoms. The third-order valence-electron chi connectivity index (χ3n) is 3.22. The van der Waals surface area contributed by atoms with Crippen LogP contribution in [0.4, 0.5) is 0 Å². The Kier molecular flexibility index (Phi) is 4.00. The summed E-state index contributed by atoms with van der Waals surface area (Å²) in [7, 11) is 0. The molecule has 0 radical (unpaired) electrons. The fourth-order valence-corrected chi connectivity index (χ4v) is 2.09. The second kappa shape index (κ2) is 6.26. The highest BCUT2D eigenvalue weighted by molar-refractivity contribution is 6.03. The summed E-state index contributed by atoms with van der Waals surface area (Å²) in [6.07, 6.45) is 1.05. The molecule has 1 aromatic heterocycles. The maximum atomic E-state index is 10.9. The topological polar surface area (TPSA) is 81.0 Å². The van der Waals surface area contributed by atoms with Crippen LogP contribution in [0.1, 0.15) is 17.7 Å². The van der Waals surface area contributed by atoms with Crippen molar-refractivity contribution in [1.82, 2.24) is 4.98 Å². The lowest BCUT2D eigenvalue weighted by Crippen LogP contribution is -2.19. The number of carboxylic acids is 1. The second-order valence-electron chi connectivity index (χ2n) is 4.81. The maximum Gasteiger partial charge on any atom is 0.348 e. The van der Waals surface area contributed by atoms with Crippen LogP contribution in [0.3, 0.4) is 0 Å². The lowest BCUT2D eigenvalue weighted by Gasteiger charge is -2.07. The smallest absolute Gasteiger partial charge is 0.348 e. The molecule has 1 N–H and O–H groups in total. The van der Waals surface area contributed by atoms with Gasteiger partial charge in [0.05, 0.1) is 11.4 Å². The molecule has 0 aliphatic carbocycles. The molecule has 0 bridgehead atoms. The number of rotatable bonds is 5. The number of hydrogen-bond acceptors (Lipinski definition) is 5. The summed E-state index contributed by atoms with van der Waals surface area (Å²) in [5.41, 5.74) is 2.23. The van der Waals surface area contributed by atoms with E-state index in [9.17, 15) is 4.79 Å². The van der Waals surface area contributed by atoms with Crippen LogP contribution in [0.2, 0.25) is 0 Å². The monoisotopic (exact) mass is 298 g/mol. The van der Waals surface area contributed by atoms with E-state index in [0.717, 1.165) is 11.3 Å². The molecule has 6 heteroatoms. The molecule has 6 nitrogen and oxygen atoms in total. The minimum Gasteiger partial charge on any atom is -0.487 e. The van der Waals surface area contributed by atoms with Crippen LogP contribution in [0, 0.1) is 0 Å². The SMILES string of the molecule is O=C(O)C1CC(c2cccc(OCc3ccccn3)c2)=NO1. The molecule has 0 saturated carbocycles. The fourth-order valence-electron chi connectivity index (χ4n) is 2.09. The van der Waals surface area contributed by atoms with Gasteiger partial charge in [0.25, 0.3) is 0 Å². The van der Waals surface area contributed by atoms with Crippen molar-refractivity contribution in [2.45, 2.75) is 19.1 Å². The normalized spacial score (nSPS) is 16.7. The van der Waals surface area contributed by atoms with Gasteiger partial charge in [-0.1, -0.05) is 23.4 Å². The van der Waals surface area contributed by atoms with E-state index in [2.05, 4.69) is 10.1 Å². The van der Waals surface area contributed by atoms with Crippen molar-refractivity contribution in [3.05, 3.63) is 59.9 Å². The molecule has 22 heavy (non-hydrogen) atoms. The fraction of sp³-hybridized carbons (Fsp3) is 0.188. The Balaban J connectivity index is 1.67. The third kappa shape index (κ3) is 3.22. The van der Waals surface area contributed by atoms with E-state index in [-0.39, 0.29) is 6.42 Å². The molecule has 0 fully saturated rings. The zero-order chi connectivity index (χ0) is 15.4. The van der Waals surface area contributed by atoms with E-state index in [4.69, 9.17) is 14.7 Å². The first-order valence-corrected chi connectivity index (χ1v) is 6.81. The number of aliphatic carboxylic acids is 1. The van der Waals surface area contributed by atoms with Gasteiger partial charge in [0, 0.05) is 18.2 Å². The first-order chi connectivity index (χ1) is 10.7. The van der Waals surface area contributed by atoms with E-state index < -0.39 is 12.1 Å². The molecule has 1 aromatic carbocycles. The number of hydrogen-bond donors (Lipinski definition) is 1. The maximum absolute atomic E-state index is 10.9. The summed E-state index contributed by atoms with van der Waals surface area (Å²) in [6, 6.07) is 13.0. The molecule has 0 amide bonds. The molecule has 2 aromatic rings. The van der Waals surface area contributed by atoms with Crippen molar-refractivity contribution in [2.75, 3.05) is 0 Å². The number of carboxylic acid groups (broad SMARTS) is 1. The van der Waals surface area contributed by atoms with Gasteiger partial charge in [-0.15, -0.1) is 0 Å². The van der Waals surface area contributed by atoms with Crippen molar-refractivity contribution >= 4 is 11.7 Å². The Morgan fingerprint density at radius 2 is 2.23 bits per heavy atom. The summed E-state index contributed by atoms with van der Waals surface area (Å²) in [5.74, 6) is -0.342. The van der Waals surface area contributed by atoms with Crippen LogP contribution in [0.15, 0.2) is 53.8 Å². The van der Waals surface area contributed by atoms with Crippen LogP contribution >= 0.6 is 0 Å². The number of benzene rings is 1. The lowest BCUT2D eigenvalue weighted by atomic mass is 10.0. The number of aromatic nitrogens is 1. The highest BCUT2D eigenvalue weighted by atomic mass is 16.7. The number of ether oxygens (including phenoxy) is 1. The third-order valence-corrected chi connectivity index (χ3v) is 3.22. The molecular weight excluding hydrogens is 284 g/mol. The average Bonchev–Trinajstić information content (AvgIpc) is 3.05. The Morgan fingerprint density at radius 1 is 1.32 bits per heavy atom. The molecular formula is C16H14N2O4. The van der Waals surface area contributed by atoms with Crippen molar-refractivity contribution < 1.29 is 19.5 Å². The van der Waals surface area contributed by atoms with Gasteiger partial charge in [0.15, 0.2) is 0 Å². The standard InChI is InChI=1S/C16H14N2O4/c19-16(20)15-9-14(18-22-15)11-4-3-6-13(8-11)21-10-12-5-1-2-7-17-12/h1-8,15H,9-10H2,(H,19,20). The summed E-state index contributed by atoms with van der Waals surface area (Å²) in [6.45, 7) is 0.366. The van der Waals surface area contributed by atoms with Gasteiger partial charge in [0.1, 0.15) is 12.4 Å². The van der Waals surface area contributed by atoms with E-state index in [0.29, 0.717) is 18.1 Å². The first kappa shape index (κ1) is 14.1. The largest absolute Gasteiger partial charge is 0.487 e. The average molecular weight is 298 g/mol. The van der Waals surface area contributed by atoms with Crippen molar-refractivity contribution in [2.24, 2.45) is 5.16 Å². The van der Waals surface area contributed by atoms with Gasteiger partial charge in [-0.3, -0.25) is 4.98 Å². The van der Waals surface area contributed by atoms with Crippen LogP contribution in [0.5, 0.6) is 5.75 Å². The predicted octanol–water partition coefficient (Wildman–Crippen LogP) is 2.24. The Labute approximate surface area is 127 Å². The quantitative estimate of drug-likeness (QED) is 0.915. The molecule has 1 unspecified atom stereocenters. The summed E-state index contributed by atoms with van der Waals surface area (Å²) >= 11 is 0. The minimum absolute atomic E-state index is 0.249. The van der Waals surface area contributed by atoms with Crippen molar-refractivity contribution in [1.29, 1.82) is 0 Å². The second-order valence-corrected chi connectivity index (χ2v) is 4.81. The number of oxime groups is 1. The van der Waals surface area contributed by atoms with E-state index >= 15 is 0 Å². The number of pyridine rings is 1. The summed E-state index contributed by atoms with van der Waals surface area (Å²) in [4.78, 5) is 20.0. The summed E-state index contributed by atoms with van der Waals surface area (Å²) in [5, 5.41) is 12.7. The van der Waals surface area contributed by atoms with Gasteiger partial charge in [-0.25, -0.2) is 4.79 Å². The summed E-state index contributed by atoms with van der Waals surface area (Å²) < 4.78 is 5.69. The highest BCUT2D eigenvalue weighted by Crippen LogP contribution is 2.21. The zero-order valence-corrected chi connectivity index (χ0v) is 11.7. The molecule has 1 aliphatic heterocycles. The number of nitrogens with zero attached hydrogens (tertiary/aromatic N) is 2. The predicted molar refractivity (Wildman–Crippen MR) is 78.7 cm³/mol. The first-order valence-electron chi connectivity index (χ1n) is 6.81. The van der Waals surface area contributed by atoms with E-state index in [1.165, 1.54) is 0 Å². The van der Waals surface area contributed by atoms with Crippen LogP contribution < -0.4 is 4.74 Å². The minimum atomic E-state index is -1.01. The molecule has 0 saturated heterocycles.